The minimum absolute atomic E-state index is 0.237. The van der Waals surface area contributed by atoms with Gasteiger partial charge < -0.3 is 9.72 Å². The molecule has 0 amide bonds. The SMILES string of the molecule is COc1ccc(-c2[nH]c(C3CC3)nc(=S)c2C)cc1F. The Morgan fingerprint density at radius 1 is 1.40 bits per heavy atom. The zero-order chi connectivity index (χ0) is 14.3. The number of ether oxygens (including phenoxy) is 1. The van der Waals surface area contributed by atoms with Gasteiger partial charge in [0, 0.05) is 17.0 Å². The van der Waals surface area contributed by atoms with Crippen molar-refractivity contribution in [3.05, 3.63) is 40.0 Å². The number of nitrogens with one attached hydrogen (secondary N) is 1. The van der Waals surface area contributed by atoms with Gasteiger partial charge in [0.2, 0.25) is 0 Å². The van der Waals surface area contributed by atoms with Gasteiger partial charge in [0.05, 0.1) is 12.8 Å². The van der Waals surface area contributed by atoms with Crippen LogP contribution in [0, 0.1) is 17.4 Å². The van der Waals surface area contributed by atoms with Gasteiger partial charge in [-0.3, -0.25) is 0 Å². The molecule has 0 atom stereocenters. The quantitative estimate of drug-likeness (QED) is 0.863. The van der Waals surface area contributed by atoms with Gasteiger partial charge in [-0.05, 0) is 38.0 Å². The largest absolute Gasteiger partial charge is 0.494 e. The average molecular weight is 290 g/mol. The first-order valence-corrected chi connectivity index (χ1v) is 6.95. The normalized spacial score (nSPS) is 14.3. The van der Waals surface area contributed by atoms with E-state index < -0.39 is 0 Å². The molecule has 104 valence electrons. The fourth-order valence-electron chi connectivity index (χ4n) is 2.21. The van der Waals surface area contributed by atoms with Crippen LogP contribution in [-0.2, 0) is 0 Å². The first-order chi connectivity index (χ1) is 9.60. The summed E-state index contributed by atoms with van der Waals surface area (Å²) in [5.41, 5.74) is 2.47. The number of H-pyrrole nitrogens is 1. The Labute approximate surface area is 121 Å². The van der Waals surface area contributed by atoms with Gasteiger partial charge in [-0.2, -0.15) is 0 Å². The smallest absolute Gasteiger partial charge is 0.165 e. The van der Waals surface area contributed by atoms with Crippen LogP contribution in [0.4, 0.5) is 4.39 Å². The lowest BCUT2D eigenvalue weighted by Gasteiger charge is -2.10. The van der Waals surface area contributed by atoms with Gasteiger partial charge in [0.15, 0.2) is 11.6 Å². The third-order valence-electron chi connectivity index (χ3n) is 3.58. The van der Waals surface area contributed by atoms with E-state index in [1.54, 1.807) is 6.07 Å². The van der Waals surface area contributed by atoms with Crippen molar-refractivity contribution in [2.75, 3.05) is 7.11 Å². The van der Waals surface area contributed by atoms with Gasteiger partial charge in [-0.15, -0.1) is 0 Å². The zero-order valence-electron chi connectivity index (χ0n) is 11.4. The molecule has 1 aromatic heterocycles. The van der Waals surface area contributed by atoms with E-state index >= 15 is 0 Å². The molecule has 1 aliphatic carbocycles. The van der Waals surface area contributed by atoms with Crippen LogP contribution < -0.4 is 4.74 Å². The number of aromatic nitrogens is 2. The van der Waals surface area contributed by atoms with Gasteiger partial charge in [-0.1, -0.05) is 12.2 Å². The molecule has 0 radical (unpaired) electrons. The number of rotatable bonds is 3. The maximum absolute atomic E-state index is 13.9. The summed E-state index contributed by atoms with van der Waals surface area (Å²) >= 11 is 5.31. The predicted octanol–water partition coefficient (Wildman–Crippen LogP) is 4.14. The lowest BCUT2D eigenvalue weighted by molar-refractivity contribution is 0.386. The van der Waals surface area contributed by atoms with Crippen LogP contribution in [0.25, 0.3) is 11.3 Å². The summed E-state index contributed by atoms with van der Waals surface area (Å²) in [4.78, 5) is 7.73. The Morgan fingerprint density at radius 2 is 2.15 bits per heavy atom. The molecule has 2 aromatic rings. The van der Waals surface area contributed by atoms with Crippen molar-refractivity contribution in [2.45, 2.75) is 25.7 Å². The van der Waals surface area contributed by atoms with E-state index in [1.165, 1.54) is 13.2 Å². The number of hydrogen-bond donors (Lipinski definition) is 1. The first kappa shape index (κ1) is 13.2. The number of aromatic amines is 1. The van der Waals surface area contributed by atoms with E-state index in [4.69, 9.17) is 17.0 Å². The highest BCUT2D eigenvalue weighted by atomic mass is 32.1. The second kappa shape index (κ2) is 4.98. The van der Waals surface area contributed by atoms with E-state index in [-0.39, 0.29) is 11.6 Å². The number of benzene rings is 1. The average Bonchev–Trinajstić information content (AvgIpc) is 3.26. The summed E-state index contributed by atoms with van der Waals surface area (Å²) in [6.07, 6.45) is 2.27. The minimum atomic E-state index is -0.381. The van der Waals surface area contributed by atoms with Crippen molar-refractivity contribution in [2.24, 2.45) is 0 Å². The third kappa shape index (κ3) is 2.33. The van der Waals surface area contributed by atoms with E-state index in [2.05, 4.69) is 9.97 Å². The van der Waals surface area contributed by atoms with Gasteiger partial charge in [0.25, 0.3) is 0 Å². The summed E-state index contributed by atoms with van der Waals surface area (Å²) < 4.78 is 19.4. The highest BCUT2D eigenvalue weighted by Crippen LogP contribution is 2.39. The van der Waals surface area contributed by atoms with Crippen LogP contribution in [0.5, 0.6) is 5.75 Å². The molecule has 0 unspecified atom stereocenters. The van der Waals surface area contributed by atoms with E-state index in [0.29, 0.717) is 10.6 Å². The van der Waals surface area contributed by atoms with E-state index in [1.807, 2.05) is 13.0 Å². The Hall–Kier alpha value is -1.75. The molecule has 5 heteroatoms. The van der Waals surface area contributed by atoms with Crippen molar-refractivity contribution in [1.82, 2.24) is 9.97 Å². The van der Waals surface area contributed by atoms with Crippen molar-refractivity contribution in [1.29, 1.82) is 0 Å². The van der Waals surface area contributed by atoms with E-state index in [0.717, 1.165) is 35.5 Å². The maximum atomic E-state index is 13.9. The molecule has 1 fully saturated rings. The highest BCUT2D eigenvalue weighted by Gasteiger charge is 2.26. The highest BCUT2D eigenvalue weighted by molar-refractivity contribution is 7.71. The molecule has 1 N–H and O–H groups in total. The Kier molecular flexibility index (Phi) is 3.30. The summed E-state index contributed by atoms with van der Waals surface area (Å²) in [6, 6.07) is 4.91. The molecule has 0 bridgehead atoms. The monoisotopic (exact) mass is 290 g/mol. The molecule has 1 heterocycles. The number of nitrogens with zero attached hydrogens (tertiary/aromatic N) is 1. The van der Waals surface area contributed by atoms with Gasteiger partial charge >= 0.3 is 0 Å². The summed E-state index contributed by atoms with van der Waals surface area (Å²) in [6.45, 7) is 1.90. The summed E-state index contributed by atoms with van der Waals surface area (Å²) in [7, 11) is 1.45. The van der Waals surface area contributed by atoms with Gasteiger partial charge in [-0.25, -0.2) is 9.37 Å². The molecule has 0 spiro atoms. The fraction of sp³-hybridized carbons (Fsp3) is 0.333. The molecule has 1 aromatic carbocycles. The predicted molar refractivity (Wildman–Crippen MR) is 78.1 cm³/mol. The Bertz CT molecular complexity index is 722. The topological polar surface area (TPSA) is 37.9 Å². The van der Waals surface area contributed by atoms with Crippen molar-refractivity contribution >= 4 is 12.2 Å². The number of hydrogen-bond acceptors (Lipinski definition) is 3. The molecular formula is C15H15FN2OS. The molecule has 20 heavy (non-hydrogen) atoms. The molecule has 0 aliphatic heterocycles. The first-order valence-electron chi connectivity index (χ1n) is 6.55. The van der Waals surface area contributed by atoms with Crippen LogP contribution in [0.3, 0.4) is 0 Å². The lowest BCUT2D eigenvalue weighted by Crippen LogP contribution is -2.00. The van der Waals surface area contributed by atoms with Crippen LogP contribution >= 0.6 is 12.2 Å². The van der Waals surface area contributed by atoms with Crippen LogP contribution in [0.2, 0.25) is 0 Å². The third-order valence-corrected chi connectivity index (χ3v) is 3.97. The number of halogens is 1. The molecule has 1 saturated carbocycles. The standard InChI is InChI=1S/C15H15FN2OS/c1-8-13(10-5-6-12(19-2)11(16)7-10)17-14(9-3-4-9)18-15(8)20/h5-7,9H,3-4H2,1-2H3,(H,17,18,20). The van der Waals surface area contributed by atoms with Crippen LogP contribution in [0.1, 0.15) is 30.1 Å². The minimum Gasteiger partial charge on any atom is -0.494 e. The second-order valence-corrected chi connectivity index (χ2v) is 5.44. The second-order valence-electron chi connectivity index (χ2n) is 5.05. The lowest BCUT2D eigenvalue weighted by atomic mass is 10.1. The molecule has 3 rings (SSSR count). The van der Waals surface area contributed by atoms with Crippen molar-refractivity contribution < 1.29 is 9.13 Å². The maximum Gasteiger partial charge on any atom is 0.165 e. The summed E-state index contributed by atoms with van der Waals surface area (Å²) in [5, 5.41) is 0. The van der Waals surface area contributed by atoms with Crippen molar-refractivity contribution in [3.63, 3.8) is 0 Å². The number of methoxy groups -OCH3 is 1. The van der Waals surface area contributed by atoms with Gasteiger partial charge in [0.1, 0.15) is 10.5 Å². The molecular weight excluding hydrogens is 275 g/mol. The molecule has 3 nitrogen and oxygen atoms in total. The van der Waals surface area contributed by atoms with E-state index in [9.17, 15) is 4.39 Å². The van der Waals surface area contributed by atoms with Crippen LogP contribution in [0.15, 0.2) is 18.2 Å². The van der Waals surface area contributed by atoms with Crippen molar-refractivity contribution in [3.8, 4) is 17.0 Å². The van der Waals surface area contributed by atoms with Crippen LogP contribution in [-0.4, -0.2) is 17.1 Å². The fourth-order valence-corrected chi connectivity index (χ4v) is 2.41. The Morgan fingerprint density at radius 3 is 2.75 bits per heavy atom. The molecule has 0 saturated heterocycles. The Balaban J connectivity index is 2.13. The summed E-state index contributed by atoms with van der Waals surface area (Å²) in [5.74, 6) is 1.24. The molecule has 1 aliphatic rings. The zero-order valence-corrected chi connectivity index (χ0v) is 12.2.